The van der Waals surface area contributed by atoms with Gasteiger partial charge in [0.2, 0.25) is 0 Å². The van der Waals surface area contributed by atoms with E-state index in [0.29, 0.717) is 19.4 Å². The molecule has 1 aliphatic heterocycles. The number of benzene rings is 2. The third-order valence-electron chi connectivity index (χ3n) is 4.77. The Hall–Kier alpha value is -3.55. The number of hydrogen-bond donors (Lipinski definition) is 1. The van der Waals surface area contributed by atoms with Crippen molar-refractivity contribution in [3.63, 3.8) is 0 Å². The molecule has 1 heterocycles. The zero-order valence-corrected chi connectivity index (χ0v) is 16.5. The van der Waals surface area contributed by atoms with Crippen LogP contribution in [-0.4, -0.2) is 52.3 Å². The highest BCUT2D eigenvalue weighted by atomic mass is 16.6. The van der Waals surface area contributed by atoms with Gasteiger partial charge in [0.25, 0.3) is 0 Å². The Morgan fingerprint density at radius 2 is 1.50 bits per heavy atom. The van der Waals surface area contributed by atoms with Gasteiger partial charge in [0.15, 0.2) is 0 Å². The van der Waals surface area contributed by atoms with Crippen LogP contribution in [0, 0.1) is 0 Å². The van der Waals surface area contributed by atoms with Crippen LogP contribution in [0.25, 0.3) is 0 Å². The molecule has 0 aliphatic carbocycles. The second-order valence-electron chi connectivity index (χ2n) is 6.92. The van der Waals surface area contributed by atoms with Gasteiger partial charge in [-0.25, -0.2) is 9.59 Å². The van der Waals surface area contributed by atoms with Gasteiger partial charge in [-0.05, 0) is 24.0 Å². The number of carboxylic acids is 1. The molecule has 0 aromatic heterocycles. The van der Waals surface area contributed by atoms with Crippen molar-refractivity contribution in [3.05, 3.63) is 71.8 Å². The van der Waals surface area contributed by atoms with Gasteiger partial charge in [-0.1, -0.05) is 60.7 Å². The van der Waals surface area contributed by atoms with Crippen molar-refractivity contribution < 1.29 is 29.0 Å². The third-order valence-corrected chi connectivity index (χ3v) is 4.77. The van der Waals surface area contributed by atoms with Crippen molar-refractivity contribution in [2.75, 3.05) is 13.1 Å². The summed E-state index contributed by atoms with van der Waals surface area (Å²) in [4.78, 5) is 39.1. The standard InChI is InChI=1S/C22H24N2O6/c25-20(26)14-24(22(28)30-16-18-10-5-2-6-11-18)19-12-7-13-23(19)21(27)29-15-17-8-3-1-4-9-17/h1-6,8-11,19H,7,12-16H2,(H,25,26). The summed E-state index contributed by atoms with van der Waals surface area (Å²) >= 11 is 0. The van der Waals surface area contributed by atoms with Gasteiger partial charge in [-0.2, -0.15) is 0 Å². The fourth-order valence-electron chi connectivity index (χ4n) is 3.33. The second kappa shape index (κ2) is 10.3. The predicted octanol–water partition coefficient (Wildman–Crippen LogP) is 3.47. The van der Waals surface area contributed by atoms with E-state index in [2.05, 4.69) is 0 Å². The van der Waals surface area contributed by atoms with E-state index in [1.807, 2.05) is 48.5 Å². The van der Waals surface area contributed by atoms with E-state index in [4.69, 9.17) is 9.47 Å². The van der Waals surface area contributed by atoms with Crippen LogP contribution in [0.2, 0.25) is 0 Å². The van der Waals surface area contributed by atoms with Crippen LogP contribution in [0.15, 0.2) is 60.7 Å². The molecular formula is C22H24N2O6. The van der Waals surface area contributed by atoms with Gasteiger partial charge in [0.05, 0.1) is 0 Å². The van der Waals surface area contributed by atoms with Gasteiger partial charge in [-0.15, -0.1) is 0 Å². The van der Waals surface area contributed by atoms with Crippen molar-refractivity contribution in [1.82, 2.24) is 9.80 Å². The Kier molecular flexibility index (Phi) is 7.26. The van der Waals surface area contributed by atoms with E-state index in [9.17, 15) is 19.5 Å². The Balaban J connectivity index is 1.64. The zero-order valence-electron chi connectivity index (χ0n) is 16.5. The summed E-state index contributed by atoms with van der Waals surface area (Å²) in [5.74, 6) is -1.18. The Morgan fingerprint density at radius 3 is 2.07 bits per heavy atom. The number of ether oxygens (including phenoxy) is 2. The fraction of sp³-hybridized carbons (Fsp3) is 0.318. The molecule has 1 aliphatic rings. The monoisotopic (exact) mass is 412 g/mol. The number of aliphatic carboxylic acids is 1. The molecule has 2 aromatic carbocycles. The number of carbonyl (C=O) groups excluding carboxylic acids is 2. The minimum absolute atomic E-state index is 0.0148. The SMILES string of the molecule is O=C(O)CN(C(=O)OCc1ccccc1)C1CCCN1C(=O)OCc1ccccc1. The molecule has 8 heteroatoms. The number of nitrogens with zero attached hydrogens (tertiary/aromatic N) is 2. The second-order valence-corrected chi connectivity index (χ2v) is 6.92. The van der Waals surface area contributed by atoms with Gasteiger partial charge < -0.3 is 14.6 Å². The van der Waals surface area contributed by atoms with Gasteiger partial charge >= 0.3 is 18.2 Å². The van der Waals surface area contributed by atoms with E-state index in [1.54, 1.807) is 12.1 Å². The van der Waals surface area contributed by atoms with Gasteiger partial charge in [-0.3, -0.25) is 14.6 Å². The van der Waals surface area contributed by atoms with Crippen LogP contribution >= 0.6 is 0 Å². The molecular weight excluding hydrogens is 388 g/mol. The number of likely N-dealkylation sites (tertiary alicyclic amines) is 1. The Morgan fingerprint density at radius 1 is 0.933 bits per heavy atom. The maximum absolute atomic E-state index is 12.6. The van der Waals surface area contributed by atoms with E-state index in [-0.39, 0.29) is 13.2 Å². The molecule has 1 fully saturated rings. The Bertz CT molecular complexity index is 858. The highest BCUT2D eigenvalue weighted by Crippen LogP contribution is 2.23. The molecule has 1 unspecified atom stereocenters. The van der Waals surface area contributed by atoms with Crippen LogP contribution in [-0.2, 0) is 27.5 Å². The largest absolute Gasteiger partial charge is 0.480 e. The quantitative estimate of drug-likeness (QED) is 0.748. The summed E-state index contributed by atoms with van der Waals surface area (Å²) in [7, 11) is 0. The number of hydrogen-bond acceptors (Lipinski definition) is 5. The molecule has 2 aromatic rings. The highest BCUT2D eigenvalue weighted by molar-refractivity contribution is 5.78. The molecule has 1 N–H and O–H groups in total. The summed E-state index contributed by atoms with van der Waals surface area (Å²) in [5, 5.41) is 9.27. The number of carbonyl (C=O) groups is 3. The normalized spacial score (nSPS) is 15.5. The molecule has 1 atom stereocenters. The molecule has 1 saturated heterocycles. The van der Waals surface area contributed by atoms with E-state index < -0.39 is 30.9 Å². The molecule has 0 spiro atoms. The van der Waals surface area contributed by atoms with Gasteiger partial charge in [0.1, 0.15) is 25.9 Å². The first-order valence-corrected chi connectivity index (χ1v) is 9.71. The van der Waals surface area contributed by atoms with E-state index in [0.717, 1.165) is 16.0 Å². The maximum atomic E-state index is 12.6. The summed E-state index contributed by atoms with van der Waals surface area (Å²) in [6.45, 7) is -0.0810. The minimum Gasteiger partial charge on any atom is -0.480 e. The van der Waals surface area contributed by atoms with Crippen molar-refractivity contribution in [1.29, 1.82) is 0 Å². The van der Waals surface area contributed by atoms with Crippen molar-refractivity contribution in [2.24, 2.45) is 0 Å². The van der Waals surface area contributed by atoms with E-state index >= 15 is 0 Å². The van der Waals surface area contributed by atoms with Crippen molar-refractivity contribution in [3.8, 4) is 0 Å². The number of carboxylic acid groups (broad SMARTS) is 1. The average Bonchev–Trinajstić information content (AvgIpc) is 3.25. The topological polar surface area (TPSA) is 96.4 Å². The summed E-state index contributed by atoms with van der Waals surface area (Å²) in [6, 6.07) is 18.3. The van der Waals surface area contributed by atoms with Crippen LogP contribution in [0.1, 0.15) is 24.0 Å². The maximum Gasteiger partial charge on any atom is 0.412 e. The van der Waals surface area contributed by atoms with E-state index in [1.165, 1.54) is 4.90 Å². The molecule has 0 bridgehead atoms. The van der Waals surface area contributed by atoms with Crippen molar-refractivity contribution >= 4 is 18.2 Å². The first-order chi connectivity index (χ1) is 14.5. The lowest BCUT2D eigenvalue weighted by atomic mass is 10.2. The zero-order chi connectivity index (χ0) is 21.3. The smallest absolute Gasteiger partial charge is 0.412 e. The van der Waals surface area contributed by atoms with Crippen molar-refractivity contribution in [2.45, 2.75) is 32.2 Å². The summed E-state index contributed by atoms with van der Waals surface area (Å²) in [6.07, 6.45) is -1.02. The van der Waals surface area contributed by atoms with Crippen LogP contribution in [0.5, 0.6) is 0 Å². The lowest BCUT2D eigenvalue weighted by molar-refractivity contribution is -0.139. The van der Waals surface area contributed by atoms with Crippen LogP contribution in [0.3, 0.4) is 0 Å². The average molecular weight is 412 g/mol. The first-order valence-electron chi connectivity index (χ1n) is 9.71. The number of amides is 2. The lowest BCUT2D eigenvalue weighted by Crippen LogP contribution is -2.51. The Labute approximate surface area is 174 Å². The van der Waals surface area contributed by atoms with Crippen LogP contribution in [0.4, 0.5) is 9.59 Å². The molecule has 3 rings (SSSR count). The molecule has 8 nitrogen and oxygen atoms in total. The molecule has 158 valence electrons. The highest BCUT2D eigenvalue weighted by Gasteiger charge is 2.38. The summed E-state index contributed by atoms with van der Waals surface area (Å²) in [5.41, 5.74) is 1.62. The fourth-order valence-corrected chi connectivity index (χ4v) is 3.33. The summed E-state index contributed by atoms with van der Waals surface area (Å²) < 4.78 is 10.7. The molecule has 0 radical (unpaired) electrons. The number of rotatable bonds is 7. The molecule has 2 amide bonds. The molecule has 30 heavy (non-hydrogen) atoms. The first kappa shape index (κ1) is 21.2. The minimum atomic E-state index is -1.18. The van der Waals surface area contributed by atoms with Gasteiger partial charge in [0, 0.05) is 6.54 Å². The predicted molar refractivity (Wildman–Crippen MR) is 107 cm³/mol. The molecule has 0 saturated carbocycles. The lowest BCUT2D eigenvalue weighted by Gasteiger charge is -2.32. The third kappa shape index (κ3) is 5.73. The van der Waals surface area contributed by atoms with Crippen LogP contribution < -0.4 is 0 Å².